The smallest absolute Gasteiger partial charge is 0.325 e. The average Bonchev–Trinajstić information content (AvgIpc) is 2.43. The number of methoxy groups -OCH3 is 1. The summed E-state index contributed by atoms with van der Waals surface area (Å²) in [6.45, 7) is 4.41. The summed E-state index contributed by atoms with van der Waals surface area (Å²) in [6, 6.07) is -0.00745. The highest BCUT2D eigenvalue weighted by atomic mass is 16.5. The molecule has 1 aliphatic carbocycles. The number of nitrogens with two attached hydrogens (primary N) is 1. The number of hydrogen-bond acceptors (Lipinski definition) is 4. The minimum Gasteiger partial charge on any atom is -0.468 e. The lowest BCUT2D eigenvalue weighted by molar-refractivity contribution is -0.151. The van der Waals surface area contributed by atoms with Gasteiger partial charge in [-0.2, -0.15) is 0 Å². The fourth-order valence-electron chi connectivity index (χ4n) is 2.75. The molecule has 0 aromatic heterocycles. The van der Waals surface area contributed by atoms with E-state index < -0.39 is 0 Å². The van der Waals surface area contributed by atoms with Crippen LogP contribution in [0.2, 0.25) is 0 Å². The van der Waals surface area contributed by atoms with Gasteiger partial charge in [0, 0.05) is 12.0 Å². The number of carbonyl (C=O) groups is 2. The Balaban J connectivity index is 2.77. The number of amides is 1. The van der Waals surface area contributed by atoms with Gasteiger partial charge in [0.2, 0.25) is 5.91 Å². The molecule has 0 aliphatic heterocycles. The van der Waals surface area contributed by atoms with Gasteiger partial charge in [0.05, 0.1) is 7.11 Å². The number of rotatable bonds is 5. The molecule has 0 aromatic carbocycles. The molecule has 0 saturated heterocycles. The predicted molar refractivity (Wildman–Crippen MR) is 73.4 cm³/mol. The molecule has 19 heavy (non-hydrogen) atoms. The lowest BCUT2D eigenvalue weighted by Gasteiger charge is -2.35. The van der Waals surface area contributed by atoms with Crippen LogP contribution in [0.25, 0.3) is 0 Å². The molecule has 0 bridgehead atoms. The fraction of sp³-hybridized carbons (Fsp3) is 0.857. The second-order valence-corrected chi connectivity index (χ2v) is 5.52. The van der Waals surface area contributed by atoms with Crippen LogP contribution in [0.4, 0.5) is 0 Å². The summed E-state index contributed by atoms with van der Waals surface area (Å²) in [5.41, 5.74) is 5.77. The van der Waals surface area contributed by atoms with E-state index in [-0.39, 0.29) is 36.3 Å². The molecule has 1 saturated carbocycles. The molecule has 0 aromatic rings. The quantitative estimate of drug-likeness (QED) is 0.761. The first-order valence-electron chi connectivity index (χ1n) is 7.08. The van der Waals surface area contributed by atoms with Crippen LogP contribution in [0.15, 0.2) is 0 Å². The van der Waals surface area contributed by atoms with Crippen LogP contribution in [0.1, 0.15) is 39.5 Å². The summed E-state index contributed by atoms with van der Waals surface area (Å²) in [4.78, 5) is 25.7. The molecule has 1 amide bonds. The Morgan fingerprint density at radius 2 is 1.95 bits per heavy atom. The Labute approximate surface area is 115 Å². The zero-order valence-corrected chi connectivity index (χ0v) is 12.2. The summed E-state index contributed by atoms with van der Waals surface area (Å²) in [7, 11) is 1.34. The van der Waals surface area contributed by atoms with Crippen molar-refractivity contribution in [3.63, 3.8) is 0 Å². The van der Waals surface area contributed by atoms with Gasteiger partial charge in [0.25, 0.3) is 0 Å². The van der Waals surface area contributed by atoms with E-state index >= 15 is 0 Å². The molecular formula is C14H26N2O3. The van der Waals surface area contributed by atoms with Gasteiger partial charge < -0.3 is 15.4 Å². The van der Waals surface area contributed by atoms with Crippen molar-refractivity contribution in [2.24, 2.45) is 17.6 Å². The number of hydrogen-bond donors (Lipinski definition) is 1. The van der Waals surface area contributed by atoms with Crippen LogP contribution >= 0.6 is 0 Å². The third-order valence-corrected chi connectivity index (χ3v) is 3.96. The van der Waals surface area contributed by atoms with Crippen molar-refractivity contribution in [1.29, 1.82) is 0 Å². The molecule has 1 fully saturated rings. The van der Waals surface area contributed by atoms with Gasteiger partial charge >= 0.3 is 5.97 Å². The maximum atomic E-state index is 12.6. The number of esters is 1. The van der Waals surface area contributed by atoms with Crippen molar-refractivity contribution < 1.29 is 14.3 Å². The topological polar surface area (TPSA) is 72.6 Å². The summed E-state index contributed by atoms with van der Waals surface area (Å²) in [5, 5.41) is 0. The molecule has 1 aliphatic rings. The Bertz CT molecular complexity index is 318. The zero-order valence-electron chi connectivity index (χ0n) is 12.2. The van der Waals surface area contributed by atoms with Crippen LogP contribution < -0.4 is 5.73 Å². The predicted octanol–water partition coefficient (Wildman–Crippen LogP) is 1.16. The van der Waals surface area contributed by atoms with Gasteiger partial charge in [-0.3, -0.25) is 9.59 Å². The zero-order chi connectivity index (χ0) is 14.4. The van der Waals surface area contributed by atoms with Crippen LogP contribution in [0.3, 0.4) is 0 Å². The van der Waals surface area contributed by atoms with Gasteiger partial charge in [-0.25, -0.2) is 0 Å². The number of ether oxygens (including phenoxy) is 1. The van der Waals surface area contributed by atoms with E-state index in [1.54, 1.807) is 4.90 Å². The molecule has 5 heteroatoms. The molecule has 110 valence electrons. The molecule has 2 unspecified atom stereocenters. The normalized spacial score (nSPS) is 23.2. The van der Waals surface area contributed by atoms with Crippen LogP contribution in [0, 0.1) is 11.8 Å². The number of carbonyl (C=O) groups excluding carboxylic acids is 2. The largest absolute Gasteiger partial charge is 0.468 e. The lowest BCUT2D eigenvalue weighted by Crippen LogP contribution is -2.47. The molecule has 2 N–H and O–H groups in total. The van der Waals surface area contributed by atoms with E-state index in [1.165, 1.54) is 7.11 Å². The molecule has 0 spiro atoms. The van der Waals surface area contributed by atoms with E-state index in [9.17, 15) is 9.59 Å². The summed E-state index contributed by atoms with van der Waals surface area (Å²) in [5.74, 6) is -0.108. The molecular weight excluding hydrogens is 244 g/mol. The average molecular weight is 270 g/mol. The summed E-state index contributed by atoms with van der Waals surface area (Å²) < 4.78 is 4.66. The van der Waals surface area contributed by atoms with Crippen molar-refractivity contribution in [3.8, 4) is 0 Å². The molecule has 0 radical (unpaired) electrons. The first-order valence-corrected chi connectivity index (χ1v) is 7.08. The third kappa shape index (κ3) is 4.20. The van der Waals surface area contributed by atoms with Gasteiger partial charge in [-0.15, -0.1) is 0 Å². The minimum absolute atomic E-state index is 0.00745. The molecule has 2 atom stereocenters. The van der Waals surface area contributed by atoms with Crippen molar-refractivity contribution >= 4 is 11.9 Å². The van der Waals surface area contributed by atoms with Gasteiger partial charge in [0.15, 0.2) is 0 Å². The van der Waals surface area contributed by atoms with E-state index in [2.05, 4.69) is 4.74 Å². The van der Waals surface area contributed by atoms with Crippen LogP contribution in [0.5, 0.6) is 0 Å². The SMILES string of the molecule is COC(=O)CN(C(=O)C1CCCCC1CN)C(C)C. The molecule has 1 rings (SSSR count). The number of nitrogens with zero attached hydrogens (tertiary/aromatic N) is 1. The fourth-order valence-corrected chi connectivity index (χ4v) is 2.75. The van der Waals surface area contributed by atoms with Crippen molar-refractivity contribution in [1.82, 2.24) is 4.90 Å². The van der Waals surface area contributed by atoms with E-state index in [1.807, 2.05) is 13.8 Å². The van der Waals surface area contributed by atoms with Crippen LogP contribution in [-0.2, 0) is 14.3 Å². The Hall–Kier alpha value is -1.10. The highest BCUT2D eigenvalue weighted by Gasteiger charge is 2.34. The summed E-state index contributed by atoms with van der Waals surface area (Å²) in [6.07, 6.45) is 4.10. The second kappa shape index (κ2) is 7.48. The highest BCUT2D eigenvalue weighted by molar-refractivity contribution is 5.84. The Kier molecular flexibility index (Phi) is 6.28. The maximum absolute atomic E-state index is 12.6. The van der Waals surface area contributed by atoms with Gasteiger partial charge in [0.1, 0.15) is 6.54 Å². The summed E-state index contributed by atoms with van der Waals surface area (Å²) >= 11 is 0. The standard InChI is InChI=1S/C14H26N2O3/c1-10(2)16(9-13(17)19-3)14(18)12-7-5-4-6-11(12)8-15/h10-12H,4-9,15H2,1-3H3. The van der Waals surface area contributed by atoms with E-state index in [4.69, 9.17) is 5.73 Å². The first kappa shape index (κ1) is 16.0. The van der Waals surface area contributed by atoms with Crippen molar-refractivity contribution in [3.05, 3.63) is 0 Å². The van der Waals surface area contributed by atoms with E-state index in [0.29, 0.717) is 6.54 Å². The van der Waals surface area contributed by atoms with E-state index in [0.717, 1.165) is 25.7 Å². The monoisotopic (exact) mass is 270 g/mol. The van der Waals surface area contributed by atoms with Crippen molar-refractivity contribution in [2.45, 2.75) is 45.6 Å². The van der Waals surface area contributed by atoms with Crippen molar-refractivity contribution in [2.75, 3.05) is 20.2 Å². The van der Waals surface area contributed by atoms with Gasteiger partial charge in [-0.1, -0.05) is 12.8 Å². The lowest BCUT2D eigenvalue weighted by atomic mass is 9.78. The highest BCUT2D eigenvalue weighted by Crippen LogP contribution is 2.31. The van der Waals surface area contributed by atoms with Crippen LogP contribution in [-0.4, -0.2) is 43.0 Å². The Morgan fingerprint density at radius 3 is 2.47 bits per heavy atom. The first-order chi connectivity index (χ1) is 9.01. The molecule has 0 heterocycles. The second-order valence-electron chi connectivity index (χ2n) is 5.52. The maximum Gasteiger partial charge on any atom is 0.325 e. The van der Waals surface area contributed by atoms with Gasteiger partial charge in [-0.05, 0) is 39.2 Å². The molecule has 5 nitrogen and oxygen atoms in total. The minimum atomic E-state index is -0.373. The third-order valence-electron chi connectivity index (χ3n) is 3.96. The Morgan fingerprint density at radius 1 is 1.32 bits per heavy atom.